The molecule has 1 aromatic carbocycles. The van der Waals surface area contributed by atoms with Crippen molar-refractivity contribution in [3.63, 3.8) is 0 Å². The summed E-state index contributed by atoms with van der Waals surface area (Å²) >= 11 is 0. The molecule has 3 heterocycles. The number of aryl methyl sites for hydroxylation is 1. The Morgan fingerprint density at radius 3 is 2.59 bits per heavy atom. The highest BCUT2D eigenvalue weighted by Crippen LogP contribution is 2.31. The van der Waals surface area contributed by atoms with Gasteiger partial charge in [-0.3, -0.25) is 4.98 Å². The van der Waals surface area contributed by atoms with Crippen molar-refractivity contribution in [3.05, 3.63) is 64.9 Å². The minimum absolute atomic E-state index is 0.0650. The molecule has 0 atom stereocenters. The maximum Gasteiger partial charge on any atom is 0.417 e. The van der Waals surface area contributed by atoms with Gasteiger partial charge in [-0.2, -0.15) is 23.7 Å². The van der Waals surface area contributed by atoms with Crippen molar-refractivity contribution in [1.82, 2.24) is 19.7 Å². The Hall–Kier alpha value is -4.18. The molecule has 0 N–H and O–H groups in total. The molecule has 0 bridgehead atoms. The summed E-state index contributed by atoms with van der Waals surface area (Å²) in [5.41, 5.74) is 1.38. The van der Waals surface area contributed by atoms with E-state index in [4.69, 9.17) is 4.42 Å². The van der Waals surface area contributed by atoms with Gasteiger partial charge in [-0.05, 0) is 30.7 Å². The molecule has 0 aliphatic rings. The van der Waals surface area contributed by atoms with Gasteiger partial charge >= 0.3 is 6.18 Å². The van der Waals surface area contributed by atoms with Gasteiger partial charge in [-0.1, -0.05) is 13.3 Å². The zero-order valence-electron chi connectivity index (χ0n) is 16.8. The maximum absolute atomic E-state index is 13.0. The van der Waals surface area contributed by atoms with Crippen molar-refractivity contribution < 1.29 is 17.6 Å². The predicted octanol–water partition coefficient (Wildman–Crippen LogP) is 4.85. The van der Waals surface area contributed by atoms with Crippen LogP contribution in [0, 0.1) is 22.7 Å². The molecule has 0 radical (unpaired) electrons. The predicted molar refractivity (Wildman–Crippen MR) is 107 cm³/mol. The quantitative estimate of drug-likeness (QED) is 0.443. The lowest BCUT2D eigenvalue weighted by Gasteiger charge is -2.08. The highest BCUT2D eigenvalue weighted by Gasteiger charge is 2.31. The Bertz CT molecular complexity index is 1390. The number of aromatic nitrogens is 4. The van der Waals surface area contributed by atoms with E-state index in [0.717, 1.165) is 29.9 Å². The molecule has 10 heteroatoms. The number of fused-ring (bicyclic) bond motifs is 1. The largest absolute Gasteiger partial charge is 0.419 e. The molecule has 0 amide bonds. The van der Waals surface area contributed by atoms with Crippen molar-refractivity contribution in [3.8, 4) is 23.6 Å². The number of nitrogens with zero attached hydrogens (tertiary/aromatic N) is 6. The molecule has 160 valence electrons. The molecule has 7 nitrogen and oxygen atoms in total. The lowest BCUT2D eigenvalue weighted by atomic mass is 10.0. The van der Waals surface area contributed by atoms with Crippen LogP contribution in [0.1, 0.15) is 41.6 Å². The number of pyridine rings is 1. The average Bonchev–Trinajstić information content (AvgIpc) is 3.38. The number of alkyl halides is 3. The molecule has 0 spiro atoms. The molecule has 4 aromatic rings. The van der Waals surface area contributed by atoms with Crippen LogP contribution in [0.2, 0.25) is 0 Å². The van der Waals surface area contributed by atoms with Crippen molar-refractivity contribution in [2.75, 3.05) is 0 Å². The fraction of sp³-hybridized carbons (Fsp3) is 0.227. The normalized spacial score (nSPS) is 11.4. The Labute approximate surface area is 180 Å². The Morgan fingerprint density at radius 1 is 1.09 bits per heavy atom. The van der Waals surface area contributed by atoms with E-state index in [2.05, 4.69) is 21.3 Å². The summed E-state index contributed by atoms with van der Waals surface area (Å²) in [7, 11) is 0. The van der Waals surface area contributed by atoms with Crippen LogP contribution in [0.25, 0.3) is 22.4 Å². The van der Waals surface area contributed by atoms with E-state index >= 15 is 0 Å². The van der Waals surface area contributed by atoms with E-state index in [1.54, 1.807) is 12.1 Å². The van der Waals surface area contributed by atoms with Gasteiger partial charge in [0, 0.05) is 23.5 Å². The van der Waals surface area contributed by atoms with Crippen LogP contribution < -0.4 is 0 Å². The molecule has 0 saturated heterocycles. The molecule has 0 fully saturated rings. The number of hydrogen-bond donors (Lipinski definition) is 0. The number of benzene rings is 1. The first-order chi connectivity index (χ1) is 15.4. The number of nitriles is 2. The van der Waals surface area contributed by atoms with Crippen LogP contribution in [0.5, 0.6) is 0 Å². The van der Waals surface area contributed by atoms with Crippen LogP contribution >= 0.6 is 0 Å². The molecule has 0 aliphatic carbocycles. The van der Waals surface area contributed by atoms with Gasteiger partial charge in [-0.25, -0.2) is 0 Å². The van der Waals surface area contributed by atoms with Gasteiger partial charge in [0.2, 0.25) is 11.8 Å². The zero-order chi connectivity index (χ0) is 22.9. The van der Waals surface area contributed by atoms with Crippen molar-refractivity contribution in [1.29, 1.82) is 10.5 Å². The zero-order valence-corrected chi connectivity index (χ0v) is 16.8. The van der Waals surface area contributed by atoms with Crippen molar-refractivity contribution in [2.45, 2.75) is 32.5 Å². The Balaban J connectivity index is 1.74. The molecule has 3 aromatic heterocycles. The summed E-state index contributed by atoms with van der Waals surface area (Å²) in [6.45, 7) is 2.17. The van der Waals surface area contributed by atoms with Crippen molar-refractivity contribution in [2.24, 2.45) is 0 Å². The fourth-order valence-electron chi connectivity index (χ4n) is 3.53. The minimum atomic E-state index is -4.54. The van der Waals surface area contributed by atoms with E-state index in [-0.39, 0.29) is 29.5 Å². The van der Waals surface area contributed by atoms with E-state index in [0.29, 0.717) is 17.4 Å². The van der Waals surface area contributed by atoms with Crippen LogP contribution in [-0.2, 0) is 19.1 Å². The number of halogens is 3. The third kappa shape index (κ3) is 3.79. The Morgan fingerprint density at radius 2 is 1.91 bits per heavy atom. The summed E-state index contributed by atoms with van der Waals surface area (Å²) in [6, 6.07) is 10.2. The summed E-state index contributed by atoms with van der Waals surface area (Å²) in [4.78, 5) is 3.62. The number of hydrogen-bond acceptors (Lipinski definition) is 6. The Kier molecular flexibility index (Phi) is 5.37. The van der Waals surface area contributed by atoms with Gasteiger partial charge in [-0.15, -0.1) is 10.2 Å². The maximum atomic E-state index is 13.0. The summed E-state index contributed by atoms with van der Waals surface area (Å²) in [6.07, 6.45) is -1.03. The van der Waals surface area contributed by atoms with Crippen LogP contribution in [-0.4, -0.2) is 19.7 Å². The highest BCUT2D eigenvalue weighted by molar-refractivity contribution is 5.89. The summed E-state index contributed by atoms with van der Waals surface area (Å²) < 4.78 is 46.4. The monoisotopic (exact) mass is 436 g/mol. The molecule has 0 saturated carbocycles. The first-order valence-electron chi connectivity index (χ1n) is 9.66. The highest BCUT2D eigenvalue weighted by atomic mass is 19.4. The second-order valence-corrected chi connectivity index (χ2v) is 7.08. The summed E-state index contributed by atoms with van der Waals surface area (Å²) in [5, 5.41) is 27.3. The molecule has 0 aliphatic heterocycles. The molecule has 0 unspecified atom stereocenters. The van der Waals surface area contributed by atoms with Gasteiger partial charge in [0.1, 0.15) is 18.7 Å². The molecule has 4 rings (SSSR count). The second-order valence-electron chi connectivity index (χ2n) is 7.08. The standard InChI is InChI=1S/C22H15F3N6O/c1-2-3-16-7-17-18(9-27)13(8-26)4-5-19(17)31(16)12-20-29-30-21(32-20)14-6-15(11-28-10-14)22(23,24)25/h4-7,10-11H,2-3,12H2,1H3. The van der Waals surface area contributed by atoms with Gasteiger partial charge in [0.15, 0.2) is 0 Å². The first-order valence-corrected chi connectivity index (χ1v) is 9.66. The van der Waals surface area contributed by atoms with Gasteiger partial charge in [0.05, 0.1) is 27.8 Å². The second kappa shape index (κ2) is 8.16. The average molecular weight is 436 g/mol. The SMILES string of the molecule is CCCc1cc2c(C#N)c(C#N)ccc2n1Cc1nnc(-c2cncc(C(F)(F)F)c2)o1. The topological polar surface area (TPSA) is 104 Å². The third-order valence-electron chi connectivity index (χ3n) is 4.98. The third-order valence-corrected chi connectivity index (χ3v) is 4.98. The first kappa shape index (κ1) is 21.1. The lowest BCUT2D eigenvalue weighted by Crippen LogP contribution is -2.05. The van der Waals surface area contributed by atoms with Gasteiger partial charge < -0.3 is 8.98 Å². The fourth-order valence-corrected chi connectivity index (χ4v) is 3.53. The number of rotatable bonds is 5. The van der Waals surface area contributed by atoms with E-state index in [1.807, 2.05) is 23.6 Å². The van der Waals surface area contributed by atoms with Crippen LogP contribution in [0.4, 0.5) is 13.2 Å². The van der Waals surface area contributed by atoms with Crippen molar-refractivity contribution >= 4 is 10.9 Å². The minimum Gasteiger partial charge on any atom is -0.419 e. The molecular formula is C22H15F3N6O. The molecule has 32 heavy (non-hydrogen) atoms. The lowest BCUT2D eigenvalue weighted by molar-refractivity contribution is -0.137. The van der Waals surface area contributed by atoms with Gasteiger partial charge in [0.25, 0.3) is 0 Å². The van der Waals surface area contributed by atoms with Crippen LogP contribution in [0.3, 0.4) is 0 Å². The van der Waals surface area contributed by atoms with E-state index < -0.39 is 11.7 Å². The van der Waals surface area contributed by atoms with E-state index in [9.17, 15) is 23.7 Å². The van der Waals surface area contributed by atoms with E-state index in [1.165, 1.54) is 6.20 Å². The van der Waals surface area contributed by atoms with Crippen LogP contribution in [0.15, 0.2) is 41.1 Å². The summed E-state index contributed by atoms with van der Waals surface area (Å²) in [5.74, 6) is 0.117. The smallest absolute Gasteiger partial charge is 0.417 e. The molecular weight excluding hydrogens is 421 g/mol.